The zero-order chi connectivity index (χ0) is 55.7. The Bertz CT molecular complexity index is 5320. The molecule has 4 heterocycles. The Morgan fingerprint density at radius 2 is 0.565 bits per heavy atom. The zero-order valence-corrected chi connectivity index (χ0v) is 46.2. The van der Waals surface area contributed by atoms with Gasteiger partial charge in [0, 0.05) is 88.6 Å². The average Bonchev–Trinajstić information content (AvgIpc) is 1.63. The molecule has 0 unspecified atom stereocenters. The van der Waals surface area contributed by atoms with Crippen molar-refractivity contribution in [1.29, 1.82) is 0 Å². The minimum Gasteiger partial charge on any atom is -0.310 e. The lowest BCUT2D eigenvalue weighted by Crippen LogP contribution is -2.09. The second-order valence-electron chi connectivity index (χ2n) is 22.5. The average molecular weight is 1080 g/mol. The van der Waals surface area contributed by atoms with Gasteiger partial charge < -0.3 is 23.3 Å². The summed E-state index contributed by atoms with van der Waals surface area (Å²) in [6.45, 7) is 0. The van der Waals surface area contributed by atoms with Crippen molar-refractivity contribution >= 4 is 137 Å². The predicted octanol–water partition coefficient (Wildman–Crippen LogP) is 21.9. The van der Waals surface area contributed by atoms with Gasteiger partial charge in [-0.15, -0.1) is 0 Å². The number of nitrogens with zero attached hydrogens (tertiary/aromatic N) is 5. The third-order valence-electron chi connectivity index (χ3n) is 17.8. The lowest BCUT2D eigenvalue weighted by Gasteiger charge is -2.26. The normalized spacial score (nSPS) is 12.0. The summed E-state index contributed by atoms with van der Waals surface area (Å²) in [6.07, 6.45) is 0. The first kappa shape index (κ1) is 47.3. The summed E-state index contributed by atoms with van der Waals surface area (Å²) in [5.41, 5.74) is 19.7. The van der Waals surface area contributed by atoms with Crippen LogP contribution in [0.3, 0.4) is 0 Å². The van der Waals surface area contributed by atoms with Gasteiger partial charge in [-0.25, -0.2) is 0 Å². The molecule has 0 aliphatic rings. The van der Waals surface area contributed by atoms with E-state index in [1.54, 1.807) is 0 Å². The topological polar surface area (TPSA) is 20.8 Å². The molecule has 18 rings (SSSR count). The van der Waals surface area contributed by atoms with Gasteiger partial charge in [-0.3, -0.25) is 0 Å². The van der Waals surface area contributed by atoms with E-state index in [1.165, 1.54) is 114 Å². The van der Waals surface area contributed by atoms with Crippen LogP contribution in [-0.2, 0) is 0 Å². The molecule has 0 saturated carbocycles. The number of aromatic nitrogens is 3. The molecule has 396 valence electrons. The van der Waals surface area contributed by atoms with Crippen molar-refractivity contribution in [3.05, 3.63) is 309 Å². The minimum atomic E-state index is 1.09. The summed E-state index contributed by atoms with van der Waals surface area (Å²) in [4.78, 5) is 4.82. The minimum absolute atomic E-state index is 1.09. The second-order valence-corrected chi connectivity index (χ2v) is 22.5. The Hall–Kier alpha value is -11.4. The molecule has 5 heteroatoms. The summed E-state index contributed by atoms with van der Waals surface area (Å²) in [7, 11) is 0. The number of hydrogen-bond acceptors (Lipinski definition) is 2. The van der Waals surface area contributed by atoms with Gasteiger partial charge >= 0.3 is 0 Å². The van der Waals surface area contributed by atoms with E-state index in [0.717, 1.165) is 45.5 Å². The van der Waals surface area contributed by atoms with E-state index < -0.39 is 0 Å². The molecule has 85 heavy (non-hydrogen) atoms. The lowest BCUT2D eigenvalue weighted by molar-refractivity contribution is 1.18. The molecule has 0 atom stereocenters. The van der Waals surface area contributed by atoms with Gasteiger partial charge in [0.05, 0.1) is 38.6 Å². The van der Waals surface area contributed by atoms with Crippen LogP contribution in [0, 0.1) is 0 Å². The third-order valence-corrected chi connectivity index (χ3v) is 17.8. The van der Waals surface area contributed by atoms with Crippen molar-refractivity contribution in [2.45, 2.75) is 0 Å². The molecule has 4 aromatic heterocycles. The molecular formula is C80H51N5. The van der Waals surface area contributed by atoms with Crippen LogP contribution in [0.15, 0.2) is 309 Å². The van der Waals surface area contributed by atoms with Gasteiger partial charge in [0.25, 0.3) is 0 Å². The first-order chi connectivity index (χ1) is 42.1. The third kappa shape index (κ3) is 7.30. The van der Waals surface area contributed by atoms with E-state index in [9.17, 15) is 0 Å². The van der Waals surface area contributed by atoms with Crippen LogP contribution < -0.4 is 9.80 Å². The Labute approximate surface area is 489 Å². The molecule has 0 radical (unpaired) electrons. The molecule has 0 amide bonds. The van der Waals surface area contributed by atoms with Gasteiger partial charge in [-0.2, -0.15) is 0 Å². The summed E-state index contributed by atoms with van der Waals surface area (Å²) in [5, 5.41) is 14.6. The summed E-state index contributed by atoms with van der Waals surface area (Å²) in [6, 6.07) is 114. The van der Waals surface area contributed by atoms with Crippen LogP contribution in [-0.4, -0.2) is 13.5 Å². The van der Waals surface area contributed by atoms with E-state index in [2.05, 4.69) is 333 Å². The molecule has 0 fully saturated rings. The highest BCUT2D eigenvalue weighted by atomic mass is 15.1. The van der Waals surface area contributed by atoms with E-state index in [4.69, 9.17) is 0 Å². The first-order valence-corrected chi connectivity index (χ1v) is 29.2. The molecule has 0 bridgehead atoms. The quantitative estimate of drug-likeness (QED) is 0.144. The Morgan fingerprint density at radius 1 is 0.200 bits per heavy atom. The standard InChI is InChI=1S/C80H51N5/c1-6-20-52(21-7-1)57-46-72-68-44-53-34-36-62(81(58-22-8-2-9-23-58)64-38-40-76-70(50-64)66-30-16-18-32-74(66)83(76)60-26-12-4-13-27-60)42-55(53)48-78(68)85-79-49-56-43-63(37-35-54(56)45-69(79)73(47-57)80(72)85)82(59-24-10-3-11-25-59)65-39-41-77-71(51-65)67-31-17-19-33-75(67)84(77)61-28-14-5-15-29-61/h1-51H. The van der Waals surface area contributed by atoms with Crippen LogP contribution >= 0.6 is 0 Å². The SMILES string of the molecule is c1ccc(-c2cc3c4cc5ccc(N(c6ccccc6)c6ccc7c(c6)c6ccccc6n7-c6ccccc6)cc5cc4n4c5cc6cc(N(c7ccccc7)c7ccc8c(c7)c7ccccc7n8-c7ccccc7)ccc6cc5c(c2)c34)cc1. The van der Waals surface area contributed by atoms with Crippen molar-refractivity contribution in [2.75, 3.05) is 9.80 Å². The number of benzene rings is 14. The number of rotatable bonds is 9. The predicted molar refractivity (Wildman–Crippen MR) is 360 cm³/mol. The molecule has 18 aromatic rings. The Morgan fingerprint density at radius 3 is 1.02 bits per heavy atom. The maximum atomic E-state index is 2.55. The Kier molecular flexibility index (Phi) is 10.3. The van der Waals surface area contributed by atoms with Gasteiger partial charge in [-0.1, -0.05) is 152 Å². The highest BCUT2D eigenvalue weighted by Crippen LogP contribution is 2.47. The molecule has 0 N–H and O–H groups in total. The molecule has 0 spiro atoms. The van der Waals surface area contributed by atoms with Crippen LogP contribution in [0.4, 0.5) is 34.1 Å². The number of para-hydroxylation sites is 6. The highest BCUT2D eigenvalue weighted by Gasteiger charge is 2.24. The maximum Gasteiger partial charge on any atom is 0.0620 e. The summed E-state index contributed by atoms with van der Waals surface area (Å²) in [5.74, 6) is 0. The van der Waals surface area contributed by atoms with Crippen molar-refractivity contribution in [3.8, 4) is 22.5 Å². The zero-order valence-electron chi connectivity index (χ0n) is 46.2. The Balaban J connectivity index is 0.829. The maximum absolute atomic E-state index is 2.55. The molecule has 0 aliphatic heterocycles. The molecule has 0 aliphatic carbocycles. The van der Waals surface area contributed by atoms with Crippen molar-refractivity contribution in [3.63, 3.8) is 0 Å². The van der Waals surface area contributed by atoms with Crippen LogP contribution in [0.5, 0.6) is 0 Å². The monoisotopic (exact) mass is 1080 g/mol. The molecular weight excluding hydrogens is 1030 g/mol. The summed E-state index contributed by atoms with van der Waals surface area (Å²) >= 11 is 0. The molecule has 14 aromatic carbocycles. The van der Waals surface area contributed by atoms with Gasteiger partial charge in [0.1, 0.15) is 0 Å². The van der Waals surface area contributed by atoms with Crippen LogP contribution in [0.1, 0.15) is 0 Å². The lowest BCUT2D eigenvalue weighted by atomic mass is 9.97. The largest absolute Gasteiger partial charge is 0.310 e. The summed E-state index contributed by atoms with van der Waals surface area (Å²) < 4.78 is 7.32. The van der Waals surface area contributed by atoms with Crippen LogP contribution in [0.25, 0.3) is 126 Å². The van der Waals surface area contributed by atoms with Crippen molar-refractivity contribution in [1.82, 2.24) is 13.5 Å². The van der Waals surface area contributed by atoms with Gasteiger partial charge in [0.15, 0.2) is 0 Å². The second kappa shape index (κ2) is 18.6. The van der Waals surface area contributed by atoms with Gasteiger partial charge in [-0.05, 0) is 190 Å². The van der Waals surface area contributed by atoms with E-state index >= 15 is 0 Å². The fourth-order valence-electron chi connectivity index (χ4n) is 14.0. The van der Waals surface area contributed by atoms with E-state index in [1.807, 2.05) is 0 Å². The highest BCUT2D eigenvalue weighted by molar-refractivity contribution is 6.27. The van der Waals surface area contributed by atoms with Gasteiger partial charge in [0.2, 0.25) is 0 Å². The number of hydrogen-bond donors (Lipinski definition) is 0. The fourth-order valence-corrected chi connectivity index (χ4v) is 14.0. The smallest absolute Gasteiger partial charge is 0.0620 e. The number of fused-ring (bicyclic) bond motifs is 14. The van der Waals surface area contributed by atoms with E-state index in [0.29, 0.717) is 0 Å². The number of anilines is 6. The van der Waals surface area contributed by atoms with Crippen molar-refractivity contribution in [2.24, 2.45) is 0 Å². The molecule has 5 nitrogen and oxygen atoms in total. The first-order valence-electron chi connectivity index (χ1n) is 29.2. The van der Waals surface area contributed by atoms with Crippen molar-refractivity contribution < 1.29 is 0 Å². The molecule has 0 saturated heterocycles. The van der Waals surface area contributed by atoms with E-state index in [-0.39, 0.29) is 0 Å². The van der Waals surface area contributed by atoms with Crippen LogP contribution in [0.2, 0.25) is 0 Å². The fraction of sp³-hybridized carbons (Fsp3) is 0.